The molecule has 0 bridgehead atoms. The number of halogens is 3. The Bertz CT molecular complexity index is 1710. The molecule has 1 saturated heterocycles. The van der Waals surface area contributed by atoms with Gasteiger partial charge in [-0.2, -0.15) is 4.98 Å². The van der Waals surface area contributed by atoms with Crippen molar-refractivity contribution in [2.24, 2.45) is 0 Å². The lowest BCUT2D eigenvalue weighted by Crippen LogP contribution is -2.55. The molecule has 2 N–H and O–H groups in total. The molecule has 4 aromatic rings. The summed E-state index contributed by atoms with van der Waals surface area (Å²) < 4.78 is 1.49. The predicted octanol–water partition coefficient (Wildman–Crippen LogP) is 6.25. The summed E-state index contributed by atoms with van der Waals surface area (Å²) >= 11 is 19.6. The van der Waals surface area contributed by atoms with E-state index in [0.717, 1.165) is 5.56 Å². The van der Waals surface area contributed by atoms with Crippen molar-refractivity contribution in [2.75, 3.05) is 24.5 Å². The number of para-hydroxylation sites is 1. The second-order valence-corrected chi connectivity index (χ2v) is 11.6. The van der Waals surface area contributed by atoms with E-state index in [1.165, 1.54) is 22.8 Å². The smallest absolute Gasteiger partial charge is 0.355 e. The largest absolute Gasteiger partial charge is 0.508 e. The highest BCUT2D eigenvalue weighted by Gasteiger charge is 2.30. The Hall–Kier alpha value is -3.14. The maximum absolute atomic E-state index is 13.9. The molecular weight excluding hydrogens is 585 g/mol. The minimum absolute atomic E-state index is 0.0926. The maximum atomic E-state index is 13.9. The number of rotatable bonds is 6. The van der Waals surface area contributed by atoms with Gasteiger partial charge in [-0.25, -0.2) is 14.3 Å². The van der Waals surface area contributed by atoms with E-state index in [0.29, 0.717) is 47.7 Å². The molecule has 0 amide bonds. The van der Waals surface area contributed by atoms with Crippen LogP contribution in [0.1, 0.15) is 32.3 Å². The Morgan fingerprint density at radius 2 is 1.80 bits per heavy atom. The number of benzene rings is 2. The molecule has 11 heteroatoms. The number of phenols is 1. The number of aliphatic hydroxyl groups is 1. The van der Waals surface area contributed by atoms with Crippen LogP contribution in [-0.2, 0) is 0 Å². The molecule has 0 spiro atoms. The first-order chi connectivity index (χ1) is 19.5. The minimum Gasteiger partial charge on any atom is -0.508 e. The number of aliphatic hydroxyl groups excluding tert-OH is 1. The Balaban J connectivity index is 1.80. The van der Waals surface area contributed by atoms with Crippen molar-refractivity contribution in [3.05, 3.63) is 86.2 Å². The zero-order chi connectivity index (χ0) is 29.6. The van der Waals surface area contributed by atoms with E-state index in [-0.39, 0.29) is 38.5 Å². The molecule has 0 radical (unpaired) electrons. The van der Waals surface area contributed by atoms with Gasteiger partial charge in [0.15, 0.2) is 5.65 Å². The van der Waals surface area contributed by atoms with Gasteiger partial charge in [0.1, 0.15) is 17.8 Å². The molecule has 5 rings (SSSR count). The predicted molar refractivity (Wildman–Crippen MR) is 166 cm³/mol. The van der Waals surface area contributed by atoms with Crippen molar-refractivity contribution in [2.45, 2.75) is 39.0 Å². The van der Waals surface area contributed by atoms with E-state index in [1.54, 1.807) is 6.07 Å². The van der Waals surface area contributed by atoms with Gasteiger partial charge in [0.05, 0.1) is 31.8 Å². The molecule has 0 aliphatic carbocycles. The van der Waals surface area contributed by atoms with Crippen LogP contribution in [0.2, 0.25) is 15.1 Å². The Kier molecular flexibility index (Phi) is 8.32. The van der Waals surface area contributed by atoms with Gasteiger partial charge in [0, 0.05) is 37.3 Å². The number of nitrogens with zero attached hydrogens (tertiary/aromatic N) is 5. The molecule has 0 saturated carbocycles. The molecule has 8 nitrogen and oxygen atoms in total. The van der Waals surface area contributed by atoms with Crippen LogP contribution in [0.3, 0.4) is 0 Å². The van der Waals surface area contributed by atoms with Crippen molar-refractivity contribution in [1.82, 2.24) is 19.4 Å². The highest BCUT2D eigenvalue weighted by atomic mass is 35.5. The first kappa shape index (κ1) is 29.4. The summed E-state index contributed by atoms with van der Waals surface area (Å²) in [7, 11) is 0. The summed E-state index contributed by atoms with van der Waals surface area (Å²) in [5.74, 6) is 0.464. The second-order valence-electron chi connectivity index (χ2n) is 10.4. The number of anilines is 1. The highest BCUT2D eigenvalue weighted by Crippen LogP contribution is 2.41. The zero-order valence-electron chi connectivity index (χ0n) is 22.9. The van der Waals surface area contributed by atoms with Crippen LogP contribution in [0.25, 0.3) is 28.0 Å². The lowest BCUT2D eigenvalue weighted by Gasteiger charge is -2.42. The first-order valence-corrected chi connectivity index (χ1v) is 14.4. The van der Waals surface area contributed by atoms with Crippen molar-refractivity contribution in [3.8, 4) is 22.7 Å². The molecule has 3 heterocycles. The molecule has 1 fully saturated rings. The number of pyridine rings is 1. The fourth-order valence-corrected chi connectivity index (χ4v) is 6.01. The second kappa shape index (κ2) is 11.6. The molecule has 214 valence electrons. The van der Waals surface area contributed by atoms with Gasteiger partial charge in [0.2, 0.25) is 0 Å². The van der Waals surface area contributed by atoms with Gasteiger partial charge in [-0.15, -0.1) is 0 Å². The number of phenolic OH excluding ortho intramolecular Hbond substituents is 1. The van der Waals surface area contributed by atoms with Crippen molar-refractivity contribution < 1.29 is 10.2 Å². The van der Waals surface area contributed by atoms with Crippen LogP contribution in [-0.4, -0.2) is 61.6 Å². The summed E-state index contributed by atoms with van der Waals surface area (Å²) in [5.41, 5.74) is 2.04. The summed E-state index contributed by atoms with van der Waals surface area (Å²) in [6, 6.07) is 12.0. The zero-order valence-corrected chi connectivity index (χ0v) is 25.1. The molecule has 2 atom stereocenters. The van der Waals surface area contributed by atoms with Crippen LogP contribution in [0.15, 0.2) is 59.9 Å². The lowest BCUT2D eigenvalue weighted by atomic mass is 10.0. The maximum Gasteiger partial charge on any atom is 0.355 e. The summed E-state index contributed by atoms with van der Waals surface area (Å²) in [4.78, 5) is 27.3. The fraction of sp³-hybridized carbons (Fsp3) is 0.300. The molecule has 1 aliphatic heterocycles. The van der Waals surface area contributed by atoms with Crippen LogP contribution in [0.5, 0.6) is 5.75 Å². The van der Waals surface area contributed by atoms with Gasteiger partial charge >= 0.3 is 5.69 Å². The topological polar surface area (TPSA) is 94.7 Å². The average Bonchev–Trinajstić information content (AvgIpc) is 2.94. The van der Waals surface area contributed by atoms with Crippen molar-refractivity contribution in [3.63, 3.8) is 0 Å². The highest BCUT2D eigenvalue weighted by molar-refractivity contribution is 6.44. The van der Waals surface area contributed by atoms with Crippen LogP contribution < -0.4 is 10.6 Å². The molecule has 41 heavy (non-hydrogen) atoms. The number of aromatic nitrogens is 3. The number of hydrogen-bond donors (Lipinski definition) is 2. The van der Waals surface area contributed by atoms with E-state index in [9.17, 15) is 15.0 Å². The number of fused-ring (bicyclic) bond motifs is 1. The summed E-state index contributed by atoms with van der Waals surface area (Å²) in [6.45, 7) is 11.4. The lowest BCUT2D eigenvalue weighted by molar-refractivity contribution is 0.0296. The van der Waals surface area contributed by atoms with E-state index >= 15 is 0 Å². The molecule has 2 aromatic carbocycles. The molecule has 2 aromatic heterocycles. The van der Waals surface area contributed by atoms with Crippen LogP contribution in [0.4, 0.5) is 5.82 Å². The van der Waals surface area contributed by atoms with Crippen LogP contribution in [0, 0.1) is 0 Å². The average molecular weight is 615 g/mol. The molecule has 1 unspecified atom stereocenters. The summed E-state index contributed by atoms with van der Waals surface area (Å²) in [5, 5.41) is 21.7. The van der Waals surface area contributed by atoms with Gasteiger partial charge < -0.3 is 15.1 Å². The van der Waals surface area contributed by atoms with E-state index in [2.05, 4.69) is 25.4 Å². The Morgan fingerprint density at radius 3 is 2.49 bits per heavy atom. The quantitative estimate of drug-likeness (QED) is 0.248. The molecule has 1 aliphatic rings. The van der Waals surface area contributed by atoms with Gasteiger partial charge in [-0.3, -0.25) is 4.90 Å². The van der Waals surface area contributed by atoms with Crippen molar-refractivity contribution >= 4 is 51.7 Å². The Morgan fingerprint density at radius 1 is 1.07 bits per heavy atom. The summed E-state index contributed by atoms with van der Waals surface area (Å²) in [6.07, 6.45) is 0.732. The minimum atomic E-state index is -0.762. The number of hydrogen-bond acceptors (Lipinski definition) is 7. The fourth-order valence-electron chi connectivity index (χ4n) is 5.35. The van der Waals surface area contributed by atoms with Gasteiger partial charge in [-0.05, 0) is 42.7 Å². The third-order valence-corrected chi connectivity index (χ3v) is 8.48. The van der Waals surface area contributed by atoms with Gasteiger partial charge in [-0.1, -0.05) is 73.4 Å². The van der Waals surface area contributed by atoms with Crippen LogP contribution >= 0.6 is 34.8 Å². The van der Waals surface area contributed by atoms with Gasteiger partial charge in [0.25, 0.3) is 0 Å². The standard InChI is InChI=1S/C30H30Cl3N5O3/c1-5-25(40)36-10-11-37(17(4)15-36)28-21-14-23(32)27(20-12-18(39)13-22(31)26(20)33)34-29(21)38(30(41)35-28)24-9-7-6-8-19(24)16(2)3/h5-9,12-14,16-17,25,39-40H,1,10-11,15H2,2-4H3/t17-,25?/m0/s1. The third-order valence-electron chi connectivity index (χ3n) is 7.39. The van der Waals surface area contributed by atoms with E-state index in [4.69, 9.17) is 39.8 Å². The monoisotopic (exact) mass is 613 g/mol. The SMILES string of the molecule is C=CC(O)N1CCN(c2nc(=O)n(-c3ccccc3C(C)C)c3nc(-c4cc(O)cc(Cl)c4Cl)c(Cl)cc23)[C@@H](C)C1. The van der Waals surface area contributed by atoms with E-state index < -0.39 is 11.9 Å². The normalized spacial score (nSPS) is 16.9. The molecular formula is C30H30Cl3N5O3. The number of aromatic hydroxyl groups is 1. The third kappa shape index (κ3) is 5.43. The van der Waals surface area contributed by atoms with Crippen molar-refractivity contribution in [1.29, 1.82) is 0 Å². The number of piperazine rings is 1. The first-order valence-electron chi connectivity index (χ1n) is 13.2. The Labute approximate surface area is 253 Å². The van der Waals surface area contributed by atoms with E-state index in [1.807, 2.05) is 41.0 Å².